The van der Waals surface area contributed by atoms with Gasteiger partial charge in [-0.1, -0.05) is 34.1 Å². The lowest BCUT2D eigenvalue weighted by Crippen LogP contribution is -2.27. The normalized spacial score (nSPS) is 11.8. The Bertz CT molecular complexity index is 600. The maximum atomic E-state index is 12.1. The molecule has 1 amide bonds. The number of benzene rings is 1. The molecule has 0 radical (unpaired) electrons. The first-order valence-corrected chi connectivity index (χ1v) is 6.89. The van der Waals surface area contributed by atoms with Gasteiger partial charge in [-0.3, -0.25) is 4.79 Å². The van der Waals surface area contributed by atoms with Gasteiger partial charge in [-0.25, -0.2) is 10.8 Å². The number of nitrogens with two attached hydrogens (primary N) is 1. The van der Waals surface area contributed by atoms with Crippen LogP contribution >= 0.6 is 15.9 Å². The van der Waals surface area contributed by atoms with Crippen molar-refractivity contribution in [2.24, 2.45) is 5.84 Å². The zero-order chi connectivity index (χ0) is 14.5. The number of hydrogen-bond donors (Lipinski definition) is 3. The number of hydrogen-bond acceptors (Lipinski definition) is 4. The molecule has 0 spiro atoms. The van der Waals surface area contributed by atoms with Crippen LogP contribution in [0.5, 0.6) is 0 Å². The predicted octanol–water partition coefficient (Wildman–Crippen LogP) is 2.62. The van der Waals surface area contributed by atoms with E-state index < -0.39 is 0 Å². The highest BCUT2D eigenvalue weighted by Gasteiger charge is 2.12. The van der Waals surface area contributed by atoms with Crippen LogP contribution in [0.4, 0.5) is 5.82 Å². The van der Waals surface area contributed by atoms with Crippen molar-refractivity contribution in [2.75, 3.05) is 5.43 Å². The van der Waals surface area contributed by atoms with E-state index in [-0.39, 0.29) is 11.9 Å². The minimum Gasteiger partial charge on any atom is -0.344 e. The quantitative estimate of drug-likeness (QED) is 0.593. The van der Waals surface area contributed by atoms with Crippen LogP contribution in [0.2, 0.25) is 0 Å². The lowest BCUT2D eigenvalue weighted by atomic mass is 10.1. The topological polar surface area (TPSA) is 80.0 Å². The number of nitrogens with zero attached hydrogens (tertiary/aromatic N) is 1. The van der Waals surface area contributed by atoms with Gasteiger partial charge < -0.3 is 10.7 Å². The molecule has 0 fully saturated rings. The van der Waals surface area contributed by atoms with E-state index in [0.29, 0.717) is 11.5 Å². The summed E-state index contributed by atoms with van der Waals surface area (Å²) in [6, 6.07) is 12.7. The Balaban J connectivity index is 2.08. The Morgan fingerprint density at radius 3 is 2.60 bits per heavy atom. The molecule has 0 saturated heterocycles. The zero-order valence-corrected chi connectivity index (χ0v) is 12.5. The Hall–Kier alpha value is -1.92. The average Bonchev–Trinajstić information content (AvgIpc) is 2.47. The van der Waals surface area contributed by atoms with Gasteiger partial charge in [0, 0.05) is 4.47 Å². The van der Waals surface area contributed by atoms with Gasteiger partial charge in [0.2, 0.25) is 0 Å². The number of carbonyl (C=O) groups excluding carboxylic acids is 1. The molecule has 104 valence electrons. The molecule has 0 saturated carbocycles. The molecule has 0 aliphatic rings. The summed E-state index contributed by atoms with van der Waals surface area (Å²) in [5.41, 5.74) is 3.76. The lowest BCUT2D eigenvalue weighted by molar-refractivity contribution is 0.0935. The van der Waals surface area contributed by atoms with Crippen molar-refractivity contribution in [1.82, 2.24) is 10.3 Å². The molecule has 20 heavy (non-hydrogen) atoms. The third kappa shape index (κ3) is 3.55. The number of pyridine rings is 1. The predicted molar refractivity (Wildman–Crippen MR) is 82.1 cm³/mol. The number of anilines is 1. The maximum absolute atomic E-state index is 12.1. The molecular weight excluding hydrogens is 320 g/mol. The van der Waals surface area contributed by atoms with Gasteiger partial charge in [-0.2, -0.15) is 0 Å². The smallest absolute Gasteiger partial charge is 0.270 e. The number of aromatic nitrogens is 1. The van der Waals surface area contributed by atoms with Crippen LogP contribution in [0.25, 0.3) is 0 Å². The van der Waals surface area contributed by atoms with Crippen LogP contribution in [0, 0.1) is 0 Å². The van der Waals surface area contributed by atoms with Gasteiger partial charge in [0.1, 0.15) is 11.5 Å². The van der Waals surface area contributed by atoms with Gasteiger partial charge >= 0.3 is 0 Å². The van der Waals surface area contributed by atoms with Gasteiger partial charge in [-0.15, -0.1) is 0 Å². The zero-order valence-electron chi connectivity index (χ0n) is 10.9. The monoisotopic (exact) mass is 334 g/mol. The molecule has 1 atom stereocenters. The summed E-state index contributed by atoms with van der Waals surface area (Å²) in [5, 5.41) is 2.90. The standard InChI is InChI=1S/C14H15BrN4O/c1-9(10-5-7-11(15)8-6-10)17-14(20)12-3-2-4-13(18-12)19-16/h2-9H,16H2,1H3,(H,17,20)(H,18,19). The number of hydrazine groups is 1. The summed E-state index contributed by atoms with van der Waals surface area (Å²) in [6.45, 7) is 1.92. The Kier molecular flexibility index (Phi) is 4.70. The summed E-state index contributed by atoms with van der Waals surface area (Å²) in [4.78, 5) is 16.2. The minimum atomic E-state index is -0.238. The molecule has 6 heteroatoms. The number of nitrogens with one attached hydrogen (secondary N) is 2. The number of halogens is 1. The Morgan fingerprint density at radius 2 is 1.95 bits per heavy atom. The molecule has 2 aromatic rings. The fourth-order valence-corrected chi connectivity index (χ4v) is 2.01. The summed E-state index contributed by atoms with van der Waals surface area (Å²) in [6.07, 6.45) is 0. The first-order valence-electron chi connectivity index (χ1n) is 6.10. The largest absolute Gasteiger partial charge is 0.344 e. The van der Waals surface area contributed by atoms with Gasteiger partial charge in [-0.05, 0) is 36.8 Å². The highest BCUT2D eigenvalue weighted by molar-refractivity contribution is 9.10. The second kappa shape index (κ2) is 6.49. The first kappa shape index (κ1) is 14.5. The van der Waals surface area contributed by atoms with Crippen LogP contribution in [0.3, 0.4) is 0 Å². The van der Waals surface area contributed by atoms with Crippen LogP contribution in [-0.2, 0) is 0 Å². The Labute approximate surface area is 125 Å². The number of rotatable bonds is 4. The summed E-state index contributed by atoms with van der Waals surface area (Å²) in [5.74, 6) is 5.49. The highest BCUT2D eigenvalue weighted by Crippen LogP contribution is 2.17. The van der Waals surface area contributed by atoms with Crippen molar-refractivity contribution in [3.63, 3.8) is 0 Å². The fraction of sp³-hybridized carbons (Fsp3) is 0.143. The third-order valence-electron chi connectivity index (χ3n) is 2.85. The van der Waals surface area contributed by atoms with Crippen LogP contribution in [0.15, 0.2) is 46.9 Å². The highest BCUT2D eigenvalue weighted by atomic mass is 79.9. The van der Waals surface area contributed by atoms with E-state index in [0.717, 1.165) is 10.0 Å². The summed E-state index contributed by atoms with van der Waals surface area (Å²) < 4.78 is 1.00. The number of amides is 1. The number of carbonyl (C=O) groups is 1. The van der Waals surface area contributed by atoms with Crippen LogP contribution < -0.4 is 16.6 Å². The molecule has 2 rings (SSSR count). The molecule has 0 aliphatic carbocycles. The molecule has 0 aliphatic heterocycles. The van der Waals surface area contributed by atoms with Crippen LogP contribution in [0.1, 0.15) is 29.0 Å². The van der Waals surface area contributed by atoms with E-state index >= 15 is 0 Å². The Morgan fingerprint density at radius 1 is 1.25 bits per heavy atom. The second-order valence-electron chi connectivity index (χ2n) is 4.30. The molecule has 0 bridgehead atoms. The van der Waals surface area contributed by atoms with Gasteiger partial charge in [0.05, 0.1) is 6.04 Å². The maximum Gasteiger partial charge on any atom is 0.270 e. The van der Waals surface area contributed by atoms with Crippen LogP contribution in [-0.4, -0.2) is 10.9 Å². The van der Waals surface area contributed by atoms with E-state index in [4.69, 9.17) is 5.84 Å². The third-order valence-corrected chi connectivity index (χ3v) is 3.38. The van der Waals surface area contributed by atoms with E-state index in [9.17, 15) is 4.79 Å². The van der Waals surface area contributed by atoms with Crippen molar-refractivity contribution < 1.29 is 4.79 Å². The van der Waals surface area contributed by atoms with E-state index in [1.165, 1.54) is 0 Å². The van der Waals surface area contributed by atoms with Crippen molar-refractivity contribution in [3.8, 4) is 0 Å². The first-order chi connectivity index (χ1) is 9.60. The molecule has 1 heterocycles. The van der Waals surface area contributed by atoms with Crippen molar-refractivity contribution in [3.05, 3.63) is 58.2 Å². The molecule has 5 nitrogen and oxygen atoms in total. The summed E-state index contributed by atoms with van der Waals surface area (Å²) in [7, 11) is 0. The van der Waals surface area contributed by atoms with Crippen molar-refractivity contribution in [1.29, 1.82) is 0 Å². The average molecular weight is 335 g/mol. The van der Waals surface area contributed by atoms with E-state index in [1.807, 2.05) is 31.2 Å². The molecule has 1 aromatic carbocycles. The number of nitrogen functional groups attached to an aromatic ring is 1. The second-order valence-corrected chi connectivity index (χ2v) is 5.21. The molecular formula is C14H15BrN4O. The summed E-state index contributed by atoms with van der Waals surface area (Å²) >= 11 is 3.38. The molecule has 1 aromatic heterocycles. The van der Waals surface area contributed by atoms with E-state index in [2.05, 4.69) is 31.7 Å². The molecule has 1 unspecified atom stereocenters. The SMILES string of the molecule is CC(NC(=O)c1cccc(NN)n1)c1ccc(Br)cc1. The fourth-order valence-electron chi connectivity index (χ4n) is 1.75. The van der Waals surface area contributed by atoms with Gasteiger partial charge in [0.25, 0.3) is 5.91 Å². The van der Waals surface area contributed by atoms with E-state index in [1.54, 1.807) is 18.2 Å². The molecule has 4 N–H and O–H groups in total. The lowest BCUT2D eigenvalue weighted by Gasteiger charge is -2.14. The van der Waals surface area contributed by atoms with Gasteiger partial charge in [0.15, 0.2) is 0 Å². The minimum absolute atomic E-state index is 0.105. The van der Waals surface area contributed by atoms with Crippen molar-refractivity contribution >= 4 is 27.7 Å². The van der Waals surface area contributed by atoms with Crippen molar-refractivity contribution in [2.45, 2.75) is 13.0 Å².